The molecule has 7 heteroatoms. The summed E-state index contributed by atoms with van der Waals surface area (Å²) in [6.45, 7) is 1.38. The molecule has 1 aromatic carbocycles. The van der Waals surface area contributed by atoms with Crippen LogP contribution in [0.25, 0.3) is 0 Å². The van der Waals surface area contributed by atoms with E-state index in [0.717, 1.165) is 6.07 Å². The molecule has 2 N–H and O–H groups in total. The molecule has 0 saturated carbocycles. The highest BCUT2D eigenvalue weighted by Gasteiger charge is 2.27. The number of esters is 1. The quantitative estimate of drug-likeness (QED) is 0.736. The van der Waals surface area contributed by atoms with Gasteiger partial charge in [-0.15, -0.1) is 0 Å². The van der Waals surface area contributed by atoms with Gasteiger partial charge in [-0.3, -0.25) is 9.59 Å². The van der Waals surface area contributed by atoms with Crippen LogP contribution in [0.3, 0.4) is 0 Å². The Bertz CT molecular complexity index is 794. The topological polar surface area (TPSA) is 106 Å². The van der Waals surface area contributed by atoms with Crippen LogP contribution in [0.15, 0.2) is 39.5 Å². The Morgan fingerprint density at radius 1 is 1.32 bits per heavy atom. The molecule has 0 unspecified atom stereocenters. The second-order valence-corrected chi connectivity index (χ2v) is 5.29. The van der Waals surface area contributed by atoms with E-state index in [1.54, 1.807) is 31.2 Å². The van der Waals surface area contributed by atoms with Gasteiger partial charge in [0, 0.05) is 6.07 Å². The summed E-state index contributed by atoms with van der Waals surface area (Å²) in [4.78, 5) is 23.9. The molecule has 1 aromatic heterocycles. The van der Waals surface area contributed by atoms with Gasteiger partial charge in [-0.05, 0) is 24.6 Å². The number of benzene rings is 1. The first kappa shape index (κ1) is 18.5. The lowest BCUT2D eigenvalue weighted by molar-refractivity contribution is -0.143. The van der Waals surface area contributed by atoms with E-state index in [9.17, 15) is 19.8 Å². The molecule has 0 saturated heterocycles. The highest BCUT2D eigenvalue weighted by Crippen LogP contribution is 2.34. The van der Waals surface area contributed by atoms with Crippen LogP contribution >= 0.6 is 0 Å². The van der Waals surface area contributed by atoms with Crippen molar-refractivity contribution in [2.75, 3.05) is 13.7 Å². The van der Waals surface area contributed by atoms with E-state index in [1.165, 1.54) is 7.11 Å². The molecule has 0 radical (unpaired) electrons. The van der Waals surface area contributed by atoms with Gasteiger partial charge in [-0.1, -0.05) is 12.1 Å². The summed E-state index contributed by atoms with van der Waals surface area (Å²) >= 11 is 0. The first-order valence-electron chi connectivity index (χ1n) is 7.76. The Balaban J connectivity index is 2.56. The number of aliphatic hydroxyl groups is 1. The van der Waals surface area contributed by atoms with E-state index in [4.69, 9.17) is 13.9 Å². The molecule has 2 rings (SSSR count). The van der Waals surface area contributed by atoms with Gasteiger partial charge in [0.1, 0.15) is 18.1 Å². The fourth-order valence-electron chi connectivity index (χ4n) is 2.48. The van der Waals surface area contributed by atoms with Crippen molar-refractivity contribution in [2.45, 2.75) is 25.9 Å². The summed E-state index contributed by atoms with van der Waals surface area (Å²) in [5.41, 5.74) is -0.0944. The molecule has 0 bridgehead atoms. The zero-order valence-electron chi connectivity index (χ0n) is 14.0. The van der Waals surface area contributed by atoms with Gasteiger partial charge in [0.15, 0.2) is 5.76 Å². The van der Waals surface area contributed by atoms with Gasteiger partial charge >= 0.3 is 5.97 Å². The van der Waals surface area contributed by atoms with E-state index in [-0.39, 0.29) is 24.5 Å². The molecule has 134 valence electrons. The lowest BCUT2D eigenvalue weighted by atomic mass is 9.92. The number of hydrogen-bond acceptors (Lipinski definition) is 7. The van der Waals surface area contributed by atoms with Gasteiger partial charge in [0.25, 0.3) is 0 Å². The predicted molar refractivity (Wildman–Crippen MR) is 88.7 cm³/mol. The molecule has 1 heterocycles. The maximum atomic E-state index is 12.0. The van der Waals surface area contributed by atoms with Crippen LogP contribution in [0.1, 0.15) is 36.3 Å². The van der Waals surface area contributed by atoms with Crippen molar-refractivity contribution in [2.24, 2.45) is 0 Å². The number of methoxy groups -OCH3 is 1. The number of rotatable bonds is 7. The molecule has 0 aliphatic carbocycles. The van der Waals surface area contributed by atoms with Crippen LogP contribution in [-0.2, 0) is 16.1 Å². The SMILES string of the molecule is CCOC(=O)C[C@H](c1cccc(OC)c1)c1oc(CO)cc(=O)c1O. The molecular formula is C18H20O7. The van der Waals surface area contributed by atoms with E-state index >= 15 is 0 Å². The minimum atomic E-state index is -0.770. The summed E-state index contributed by atoms with van der Waals surface area (Å²) in [7, 11) is 1.50. The second-order valence-electron chi connectivity index (χ2n) is 5.29. The number of ether oxygens (including phenoxy) is 2. The average Bonchev–Trinajstić information content (AvgIpc) is 2.62. The van der Waals surface area contributed by atoms with Gasteiger partial charge in [-0.25, -0.2) is 0 Å². The lowest BCUT2D eigenvalue weighted by Crippen LogP contribution is -2.15. The molecule has 0 fully saturated rings. The number of carbonyl (C=O) groups is 1. The number of aromatic hydroxyl groups is 1. The first-order valence-corrected chi connectivity index (χ1v) is 7.76. The smallest absolute Gasteiger partial charge is 0.306 e. The van der Waals surface area contributed by atoms with Crippen molar-refractivity contribution in [3.05, 3.63) is 57.6 Å². The maximum absolute atomic E-state index is 12.0. The van der Waals surface area contributed by atoms with E-state index < -0.39 is 29.7 Å². The van der Waals surface area contributed by atoms with Gasteiger partial charge < -0.3 is 24.1 Å². The fourth-order valence-corrected chi connectivity index (χ4v) is 2.48. The van der Waals surface area contributed by atoms with Crippen molar-refractivity contribution < 1.29 is 28.9 Å². The first-order chi connectivity index (χ1) is 12.0. The third kappa shape index (κ3) is 4.39. The molecule has 0 spiro atoms. The average molecular weight is 348 g/mol. The second kappa shape index (κ2) is 8.34. The van der Waals surface area contributed by atoms with Crippen molar-refractivity contribution >= 4 is 5.97 Å². The summed E-state index contributed by atoms with van der Waals surface area (Å²) in [6.07, 6.45) is -0.146. The fraction of sp³-hybridized carbons (Fsp3) is 0.333. The lowest BCUT2D eigenvalue weighted by Gasteiger charge is -2.18. The van der Waals surface area contributed by atoms with Crippen LogP contribution < -0.4 is 10.2 Å². The van der Waals surface area contributed by atoms with E-state index in [2.05, 4.69) is 0 Å². The monoisotopic (exact) mass is 348 g/mol. The highest BCUT2D eigenvalue weighted by molar-refractivity contribution is 5.71. The molecule has 0 amide bonds. The van der Waals surface area contributed by atoms with E-state index in [0.29, 0.717) is 11.3 Å². The number of hydrogen-bond donors (Lipinski definition) is 2. The summed E-state index contributed by atoms with van der Waals surface area (Å²) < 4.78 is 15.6. The Morgan fingerprint density at radius 2 is 2.08 bits per heavy atom. The predicted octanol–water partition coefficient (Wildman–Crippen LogP) is 1.93. The van der Waals surface area contributed by atoms with Crippen LogP contribution in [0.2, 0.25) is 0 Å². The van der Waals surface area contributed by atoms with Crippen molar-refractivity contribution in [1.29, 1.82) is 0 Å². The standard InChI is InChI=1S/C18H20O7/c1-3-24-16(21)9-14(11-5-4-6-12(7-11)23-2)18-17(22)15(20)8-13(10-19)25-18/h4-8,14,19,22H,3,9-10H2,1-2H3/t14-/m1/s1. The number of carbonyl (C=O) groups excluding carboxylic acids is 1. The Morgan fingerprint density at radius 3 is 2.72 bits per heavy atom. The normalized spacial score (nSPS) is 11.8. The summed E-state index contributed by atoms with van der Waals surface area (Å²) in [5.74, 6) is -1.44. The largest absolute Gasteiger partial charge is 0.502 e. The zero-order chi connectivity index (χ0) is 18.4. The Hall–Kier alpha value is -2.80. The van der Waals surface area contributed by atoms with E-state index in [1.807, 2.05) is 0 Å². The van der Waals surface area contributed by atoms with Crippen molar-refractivity contribution in [3.8, 4) is 11.5 Å². The number of aliphatic hydroxyl groups excluding tert-OH is 1. The third-order valence-electron chi connectivity index (χ3n) is 3.64. The minimum absolute atomic E-state index is 0.00504. The van der Waals surface area contributed by atoms with Crippen LogP contribution in [0, 0.1) is 0 Å². The van der Waals surface area contributed by atoms with Gasteiger partial charge in [-0.2, -0.15) is 0 Å². The van der Waals surface area contributed by atoms with Crippen LogP contribution in [-0.4, -0.2) is 29.9 Å². The third-order valence-corrected chi connectivity index (χ3v) is 3.64. The van der Waals surface area contributed by atoms with Gasteiger partial charge in [0.05, 0.1) is 26.1 Å². The Kier molecular flexibility index (Phi) is 6.19. The molecule has 0 aliphatic rings. The molecule has 2 aromatic rings. The van der Waals surface area contributed by atoms with Gasteiger partial charge in [0.2, 0.25) is 11.2 Å². The summed E-state index contributed by atoms with van der Waals surface area (Å²) in [6, 6.07) is 7.85. The molecule has 7 nitrogen and oxygen atoms in total. The maximum Gasteiger partial charge on any atom is 0.306 e. The van der Waals surface area contributed by atoms with Crippen LogP contribution in [0.5, 0.6) is 11.5 Å². The molecule has 25 heavy (non-hydrogen) atoms. The summed E-state index contributed by atoms with van der Waals surface area (Å²) in [5, 5.41) is 19.4. The molecular weight excluding hydrogens is 328 g/mol. The highest BCUT2D eigenvalue weighted by atomic mass is 16.5. The zero-order valence-corrected chi connectivity index (χ0v) is 14.0. The van der Waals surface area contributed by atoms with Crippen LogP contribution in [0.4, 0.5) is 0 Å². The Labute approximate surface area is 144 Å². The molecule has 0 aliphatic heterocycles. The van der Waals surface area contributed by atoms with Crippen molar-refractivity contribution in [1.82, 2.24) is 0 Å². The minimum Gasteiger partial charge on any atom is -0.502 e. The van der Waals surface area contributed by atoms with Crippen molar-refractivity contribution in [3.63, 3.8) is 0 Å². The molecule has 1 atom stereocenters.